The lowest BCUT2D eigenvalue weighted by molar-refractivity contribution is -0.145. The molecule has 2 aromatic carbocycles. The summed E-state index contributed by atoms with van der Waals surface area (Å²) in [5.41, 5.74) is 7.62. The first-order chi connectivity index (χ1) is 15.1. The molecule has 10 heteroatoms. The first-order valence-corrected chi connectivity index (χ1v) is 11.2. The smallest absolute Gasteiger partial charge is 0.344 e. The Morgan fingerprint density at radius 3 is 2.56 bits per heavy atom. The molecule has 2 rings (SSSR count). The van der Waals surface area contributed by atoms with E-state index in [1.807, 2.05) is 32.0 Å². The standard InChI is InChI=1S/C22H29N3O6S/c1-4-30-21(27)13-31-20-12-16(14(2)3)6-5-15(20)9-10-25(32(28)29)18-11-17(22(23)24)7-8-19(18)26/h5-8,11-12,14,26H,4,9-10,13H2,1-3H3,(H3,23,24)(H,28,29). The number of hydrogen-bond donors (Lipinski definition) is 4. The van der Waals surface area contributed by atoms with Gasteiger partial charge in [-0.1, -0.05) is 26.0 Å². The van der Waals surface area contributed by atoms with Gasteiger partial charge in [0.25, 0.3) is 11.3 Å². The number of nitrogens with one attached hydrogen (secondary N) is 1. The van der Waals surface area contributed by atoms with Crippen molar-refractivity contribution < 1.29 is 28.1 Å². The lowest BCUT2D eigenvalue weighted by atomic mass is 9.99. The van der Waals surface area contributed by atoms with Gasteiger partial charge in [0.15, 0.2) is 6.61 Å². The average molecular weight is 464 g/mol. The molecule has 0 saturated heterocycles. The third-order valence-electron chi connectivity index (χ3n) is 4.74. The number of rotatable bonds is 11. The van der Waals surface area contributed by atoms with Crippen molar-refractivity contribution in [3.05, 3.63) is 53.1 Å². The van der Waals surface area contributed by atoms with E-state index >= 15 is 0 Å². The van der Waals surface area contributed by atoms with Crippen LogP contribution in [0.25, 0.3) is 0 Å². The van der Waals surface area contributed by atoms with Gasteiger partial charge in [-0.3, -0.25) is 14.3 Å². The van der Waals surface area contributed by atoms with E-state index in [1.54, 1.807) is 6.92 Å². The summed E-state index contributed by atoms with van der Waals surface area (Å²) in [6, 6.07) is 9.77. The van der Waals surface area contributed by atoms with Crippen LogP contribution in [0.2, 0.25) is 0 Å². The number of carbonyl (C=O) groups excluding carboxylic acids is 1. The highest BCUT2D eigenvalue weighted by Crippen LogP contribution is 2.31. The van der Waals surface area contributed by atoms with Gasteiger partial charge in [-0.25, -0.2) is 9.00 Å². The molecule has 0 aromatic heterocycles. The zero-order valence-corrected chi connectivity index (χ0v) is 19.1. The summed E-state index contributed by atoms with van der Waals surface area (Å²) in [7, 11) is 0. The second-order valence-electron chi connectivity index (χ2n) is 7.32. The number of amidine groups is 1. The monoisotopic (exact) mass is 463 g/mol. The molecule has 0 fully saturated rings. The van der Waals surface area contributed by atoms with Crippen molar-refractivity contribution in [2.75, 3.05) is 24.1 Å². The van der Waals surface area contributed by atoms with Crippen LogP contribution >= 0.6 is 0 Å². The number of benzene rings is 2. The van der Waals surface area contributed by atoms with Gasteiger partial charge in [-0.2, -0.15) is 0 Å². The fourth-order valence-corrected chi connectivity index (χ4v) is 3.57. The van der Waals surface area contributed by atoms with Gasteiger partial charge < -0.3 is 20.3 Å². The molecule has 9 nitrogen and oxygen atoms in total. The van der Waals surface area contributed by atoms with Crippen LogP contribution < -0.4 is 14.8 Å². The fourth-order valence-electron chi connectivity index (χ4n) is 3.01. The van der Waals surface area contributed by atoms with E-state index in [-0.39, 0.29) is 49.4 Å². The lowest BCUT2D eigenvalue weighted by Gasteiger charge is -2.22. The van der Waals surface area contributed by atoms with Crippen LogP contribution in [-0.2, 0) is 27.2 Å². The van der Waals surface area contributed by atoms with E-state index in [9.17, 15) is 18.7 Å². The largest absolute Gasteiger partial charge is 0.506 e. The number of nitrogen functional groups attached to an aromatic ring is 1. The van der Waals surface area contributed by atoms with E-state index in [1.165, 1.54) is 18.2 Å². The number of aromatic hydroxyl groups is 1. The molecule has 2 aromatic rings. The molecule has 1 unspecified atom stereocenters. The molecule has 0 aliphatic rings. The Bertz CT molecular complexity index is 996. The summed E-state index contributed by atoms with van der Waals surface area (Å²) in [6.07, 6.45) is 0.284. The molecule has 0 spiro atoms. The minimum atomic E-state index is -2.44. The second-order valence-corrected chi connectivity index (χ2v) is 8.22. The van der Waals surface area contributed by atoms with Crippen LogP contribution in [0.4, 0.5) is 5.69 Å². The zero-order chi connectivity index (χ0) is 23.8. The molecule has 0 amide bonds. The summed E-state index contributed by atoms with van der Waals surface area (Å²) < 4.78 is 33.5. The van der Waals surface area contributed by atoms with Gasteiger partial charge in [0, 0.05) is 12.1 Å². The first-order valence-electron chi connectivity index (χ1n) is 10.1. The summed E-state index contributed by atoms with van der Waals surface area (Å²) in [5, 5.41) is 17.8. The van der Waals surface area contributed by atoms with E-state index in [0.29, 0.717) is 11.3 Å². The summed E-state index contributed by atoms with van der Waals surface area (Å²) >= 11 is -2.44. The van der Waals surface area contributed by atoms with E-state index in [4.69, 9.17) is 20.6 Å². The SMILES string of the molecule is CCOC(=O)COc1cc(C(C)C)ccc1CCN(c1cc(C(=N)N)ccc1O)S(=O)O. The molecule has 0 radical (unpaired) electrons. The van der Waals surface area contributed by atoms with Gasteiger partial charge in [0.1, 0.15) is 17.3 Å². The zero-order valence-electron chi connectivity index (χ0n) is 18.3. The van der Waals surface area contributed by atoms with Crippen molar-refractivity contribution in [1.29, 1.82) is 5.41 Å². The quantitative estimate of drug-likeness (QED) is 0.173. The molecule has 174 valence electrons. The van der Waals surface area contributed by atoms with Crippen LogP contribution in [0.5, 0.6) is 11.5 Å². The highest BCUT2D eigenvalue weighted by Gasteiger charge is 2.19. The van der Waals surface area contributed by atoms with Gasteiger partial charge in [-0.05, 0) is 54.7 Å². The second kappa shape index (κ2) is 11.5. The maximum Gasteiger partial charge on any atom is 0.344 e. The van der Waals surface area contributed by atoms with Crippen molar-refractivity contribution in [3.63, 3.8) is 0 Å². The summed E-state index contributed by atoms with van der Waals surface area (Å²) in [6.45, 7) is 5.83. The number of nitrogens with two attached hydrogens (primary N) is 1. The van der Waals surface area contributed by atoms with Crippen molar-refractivity contribution in [2.24, 2.45) is 5.73 Å². The minimum absolute atomic E-state index is 0.0504. The van der Waals surface area contributed by atoms with Crippen molar-refractivity contribution in [1.82, 2.24) is 0 Å². The Balaban J connectivity index is 2.29. The molecule has 0 heterocycles. The number of hydrogen-bond acceptors (Lipinski definition) is 6. The van der Waals surface area contributed by atoms with Crippen LogP contribution in [0.1, 0.15) is 43.4 Å². The molecule has 0 aliphatic heterocycles. The number of phenols is 1. The molecule has 0 bridgehead atoms. The number of carbonyl (C=O) groups is 1. The normalized spacial score (nSPS) is 11.8. The predicted octanol–water partition coefficient (Wildman–Crippen LogP) is 2.93. The Kier molecular flexibility index (Phi) is 9.03. The third kappa shape index (κ3) is 6.69. The van der Waals surface area contributed by atoms with E-state index < -0.39 is 17.2 Å². The maximum absolute atomic E-state index is 12.0. The van der Waals surface area contributed by atoms with Crippen LogP contribution in [0.15, 0.2) is 36.4 Å². The van der Waals surface area contributed by atoms with Crippen LogP contribution in [0, 0.1) is 5.41 Å². The van der Waals surface area contributed by atoms with Crippen LogP contribution in [0.3, 0.4) is 0 Å². The number of phenolic OH excluding ortho intramolecular Hbond substituents is 1. The first kappa shape index (κ1) is 25.2. The van der Waals surface area contributed by atoms with Gasteiger partial charge in [0.2, 0.25) is 0 Å². The predicted molar refractivity (Wildman–Crippen MR) is 124 cm³/mol. The van der Waals surface area contributed by atoms with Crippen molar-refractivity contribution >= 4 is 28.8 Å². The van der Waals surface area contributed by atoms with Gasteiger partial charge >= 0.3 is 5.97 Å². The van der Waals surface area contributed by atoms with E-state index in [0.717, 1.165) is 15.4 Å². The fraction of sp³-hybridized carbons (Fsp3) is 0.364. The Morgan fingerprint density at radius 2 is 1.97 bits per heavy atom. The molecule has 0 saturated carbocycles. The summed E-state index contributed by atoms with van der Waals surface area (Å²) in [5.74, 6) is -0.214. The third-order valence-corrected chi connectivity index (χ3v) is 5.49. The summed E-state index contributed by atoms with van der Waals surface area (Å²) in [4.78, 5) is 11.7. The lowest BCUT2D eigenvalue weighted by Crippen LogP contribution is -2.28. The van der Waals surface area contributed by atoms with Gasteiger partial charge in [0.05, 0.1) is 12.3 Å². The van der Waals surface area contributed by atoms with E-state index in [2.05, 4.69) is 0 Å². The number of anilines is 1. The van der Waals surface area contributed by atoms with Crippen LogP contribution in [-0.4, -0.2) is 45.4 Å². The highest BCUT2D eigenvalue weighted by atomic mass is 32.2. The molecular weight excluding hydrogens is 434 g/mol. The Hall–Kier alpha value is -3.11. The Labute approximate surface area is 190 Å². The molecular formula is C22H29N3O6S. The maximum atomic E-state index is 12.0. The number of ether oxygens (including phenoxy) is 2. The van der Waals surface area contributed by atoms with Crippen molar-refractivity contribution in [2.45, 2.75) is 33.1 Å². The topological polar surface area (TPSA) is 146 Å². The molecule has 1 atom stereocenters. The number of nitrogens with zero attached hydrogens (tertiary/aromatic N) is 1. The number of esters is 1. The Morgan fingerprint density at radius 1 is 1.25 bits per heavy atom. The van der Waals surface area contributed by atoms with Crippen molar-refractivity contribution in [3.8, 4) is 11.5 Å². The van der Waals surface area contributed by atoms with Gasteiger partial charge in [-0.15, -0.1) is 0 Å². The highest BCUT2D eigenvalue weighted by molar-refractivity contribution is 7.80. The molecule has 5 N–H and O–H groups in total. The molecule has 32 heavy (non-hydrogen) atoms. The molecule has 0 aliphatic carbocycles. The minimum Gasteiger partial charge on any atom is -0.506 e. The average Bonchev–Trinajstić information content (AvgIpc) is 2.73.